The third-order valence-electron chi connectivity index (χ3n) is 4.42. The zero-order valence-electron chi connectivity index (χ0n) is 14.8. The molecule has 27 heavy (non-hydrogen) atoms. The maximum absolute atomic E-state index is 12.8. The van der Waals surface area contributed by atoms with Crippen molar-refractivity contribution in [2.45, 2.75) is 20.3 Å². The maximum atomic E-state index is 12.8. The zero-order chi connectivity index (χ0) is 19.7. The van der Waals surface area contributed by atoms with Crippen LogP contribution in [0.1, 0.15) is 77.6 Å². The van der Waals surface area contributed by atoms with Crippen molar-refractivity contribution >= 4 is 29.1 Å². The van der Waals surface area contributed by atoms with Crippen LogP contribution in [0.2, 0.25) is 0 Å². The van der Waals surface area contributed by atoms with Gasteiger partial charge in [0.05, 0.1) is 5.56 Å². The van der Waals surface area contributed by atoms with Crippen molar-refractivity contribution in [2.75, 3.05) is 6.61 Å². The molecule has 6 heteroatoms. The lowest BCUT2D eigenvalue weighted by atomic mass is 9.92. The molecule has 0 N–H and O–H groups in total. The number of rotatable bonds is 5. The predicted molar refractivity (Wildman–Crippen MR) is 95.6 cm³/mol. The summed E-state index contributed by atoms with van der Waals surface area (Å²) in [5.41, 5.74) is 1.17. The van der Waals surface area contributed by atoms with Gasteiger partial charge in [0.2, 0.25) is 5.78 Å². The molecule has 3 rings (SSSR count). The van der Waals surface area contributed by atoms with E-state index >= 15 is 0 Å². The average Bonchev–Trinajstić information content (AvgIpc) is 2.68. The number of ether oxygens (including phenoxy) is 1. The fraction of sp³-hybridized carbons (Fsp3) is 0.190. The van der Waals surface area contributed by atoms with Crippen molar-refractivity contribution in [3.63, 3.8) is 0 Å². The molecule has 0 fully saturated rings. The first-order chi connectivity index (χ1) is 12.8. The summed E-state index contributed by atoms with van der Waals surface area (Å²) < 4.78 is 4.75. The first-order valence-corrected chi connectivity index (χ1v) is 8.40. The molecule has 0 bridgehead atoms. The standard InChI is InChI=1S/C21H16O6/c1-3-18(23)16-8-12(4-6-14(16)11(2)22)20(25)13-5-7-15-17(9-13)19(24)10-27-21(15)26/h4-9H,3,10H2,1-2H3. The number of hydrogen-bond acceptors (Lipinski definition) is 6. The number of fused-ring (bicyclic) bond motifs is 1. The van der Waals surface area contributed by atoms with Crippen LogP contribution in [0.15, 0.2) is 36.4 Å². The highest BCUT2D eigenvalue weighted by Crippen LogP contribution is 2.22. The second-order valence-electron chi connectivity index (χ2n) is 6.18. The molecule has 1 heterocycles. The van der Waals surface area contributed by atoms with Crippen molar-refractivity contribution in [1.82, 2.24) is 0 Å². The first-order valence-electron chi connectivity index (χ1n) is 8.40. The smallest absolute Gasteiger partial charge is 0.339 e. The molecule has 2 aromatic rings. The minimum atomic E-state index is -0.606. The minimum absolute atomic E-state index is 0.122. The zero-order valence-corrected chi connectivity index (χ0v) is 14.8. The Labute approximate surface area is 155 Å². The largest absolute Gasteiger partial charge is 0.454 e. The van der Waals surface area contributed by atoms with Crippen molar-refractivity contribution in [2.24, 2.45) is 0 Å². The number of esters is 1. The summed E-state index contributed by atoms with van der Waals surface area (Å²) in [5, 5.41) is 0. The lowest BCUT2D eigenvalue weighted by Crippen LogP contribution is -2.24. The fourth-order valence-corrected chi connectivity index (χ4v) is 2.96. The van der Waals surface area contributed by atoms with Crippen LogP contribution >= 0.6 is 0 Å². The van der Waals surface area contributed by atoms with E-state index in [9.17, 15) is 24.0 Å². The van der Waals surface area contributed by atoms with Gasteiger partial charge in [-0.15, -0.1) is 0 Å². The molecule has 0 aliphatic carbocycles. The van der Waals surface area contributed by atoms with Crippen LogP contribution in [0.4, 0.5) is 0 Å². The molecule has 1 aliphatic rings. The van der Waals surface area contributed by atoms with Gasteiger partial charge in [-0.1, -0.05) is 19.1 Å². The van der Waals surface area contributed by atoms with E-state index in [1.807, 2.05) is 0 Å². The van der Waals surface area contributed by atoms with E-state index < -0.39 is 11.8 Å². The molecule has 0 saturated heterocycles. The molecular weight excluding hydrogens is 348 g/mol. The van der Waals surface area contributed by atoms with Crippen LogP contribution in [0.25, 0.3) is 0 Å². The number of benzene rings is 2. The molecule has 0 amide bonds. The number of carbonyl (C=O) groups is 5. The second kappa shape index (κ2) is 7.07. The van der Waals surface area contributed by atoms with Gasteiger partial charge in [-0.05, 0) is 31.2 Å². The quantitative estimate of drug-likeness (QED) is 0.598. The minimum Gasteiger partial charge on any atom is -0.454 e. The Kier molecular flexibility index (Phi) is 4.81. The van der Waals surface area contributed by atoms with Crippen LogP contribution in [-0.2, 0) is 4.74 Å². The molecule has 136 valence electrons. The summed E-state index contributed by atoms with van der Waals surface area (Å²) in [7, 11) is 0. The van der Waals surface area contributed by atoms with E-state index in [1.165, 1.54) is 43.3 Å². The highest BCUT2D eigenvalue weighted by molar-refractivity contribution is 6.16. The molecular formula is C21H16O6. The molecule has 0 atom stereocenters. The number of carbonyl (C=O) groups excluding carboxylic acids is 5. The van der Waals surface area contributed by atoms with Gasteiger partial charge < -0.3 is 4.74 Å². The third-order valence-corrected chi connectivity index (χ3v) is 4.42. The molecule has 0 unspecified atom stereocenters. The SMILES string of the molecule is CCC(=O)c1cc(C(=O)c2ccc3c(c2)C(=O)COC3=O)ccc1C(C)=O. The highest BCUT2D eigenvalue weighted by Gasteiger charge is 2.26. The summed E-state index contributed by atoms with van der Waals surface area (Å²) in [6.45, 7) is 2.68. The highest BCUT2D eigenvalue weighted by atomic mass is 16.5. The molecule has 0 spiro atoms. The fourth-order valence-electron chi connectivity index (χ4n) is 2.96. The van der Waals surface area contributed by atoms with Crippen molar-refractivity contribution in [1.29, 1.82) is 0 Å². The van der Waals surface area contributed by atoms with Crippen molar-refractivity contribution in [3.05, 3.63) is 69.8 Å². The van der Waals surface area contributed by atoms with E-state index in [2.05, 4.69) is 0 Å². The molecule has 0 saturated carbocycles. The molecule has 6 nitrogen and oxygen atoms in total. The maximum Gasteiger partial charge on any atom is 0.339 e. The monoisotopic (exact) mass is 364 g/mol. The summed E-state index contributed by atoms with van der Waals surface area (Å²) in [5.74, 6) is -1.90. The van der Waals surface area contributed by atoms with Crippen LogP contribution < -0.4 is 0 Å². The van der Waals surface area contributed by atoms with Gasteiger partial charge in [0, 0.05) is 34.2 Å². The topological polar surface area (TPSA) is 94.6 Å². The van der Waals surface area contributed by atoms with Gasteiger partial charge in [0.25, 0.3) is 0 Å². The Bertz CT molecular complexity index is 1020. The molecule has 1 aliphatic heterocycles. The molecule has 2 aromatic carbocycles. The number of ketones is 4. The summed E-state index contributed by atoms with van der Waals surface area (Å²) in [4.78, 5) is 60.4. The Balaban J connectivity index is 2.05. The third kappa shape index (κ3) is 3.33. The van der Waals surface area contributed by atoms with Crippen molar-refractivity contribution < 1.29 is 28.7 Å². The molecule has 0 aromatic heterocycles. The van der Waals surface area contributed by atoms with Crippen LogP contribution in [0.3, 0.4) is 0 Å². The van der Waals surface area contributed by atoms with E-state index in [0.717, 1.165) is 0 Å². The van der Waals surface area contributed by atoms with Crippen LogP contribution in [0, 0.1) is 0 Å². The van der Waals surface area contributed by atoms with E-state index in [-0.39, 0.29) is 63.8 Å². The Morgan fingerprint density at radius 2 is 1.59 bits per heavy atom. The first kappa shape index (κ1) is 18.4. The van der Waals surface area contributed by atoms with Gasteiger partial charge in [0.15, 0.2) is 24.0 Å². The Morgan fingerprint density at radius 1 is 0.926 bits per heavy atom. The lowest BCUT2D eigenvalue weighted by molar-refractivity contribution is 0.0443. The van der Waals surface area contributed by atoms with E-state index in [0.29, 0.717) is 0 Å². The van der Waals surface area contributed by atoms with E-state index in [4.69, 9.17) is 4.74 Å². The average molecular weight is 364 g/mol. The van der Waals surface area contributed by atoms with E-state index in [1.54, 1.807) is 6.92 Å². The lowest BCUT2D eigenvalue weighted by Gasteiger charge is -2.15. The van der Waals surface area contributed by atoms with Crippen LogP contribution in [-0.4, -0.2) is 35.7 Å². The number of cyclic esters (lactones) is 1. The van der Waals surface area contributed by atoms with Gasteiger partial charge in [-0.2, -0.15) is 0 Å². The number of hydrogen-bond donors (Lipinski definition) is 0. The summed E-state index contributed by atoms with van der Waals surface area (Å²) in [6, 6.07) is 8.51. The predicted octanol–water partition coefficient (Wildman–Crippen LogP) is 3.07. The summed E-state index contributed by atoms with van der Waals surface area (Å²) >= 11 is 0. The number of Topliss-reactive ketones (excluding diaryl/α,β-unsaturated/α-hetero) is 3. The van der Waals surface area contributed by atoms with Crippen molar-refractivity contribution in [3.8, 4) is 0 Å². The normalized spacial score (nSPS) is 13.0. The Hall–Kier alpha value is -3.41. The molecule has 0 radical (unpaired) electrons. The Morgan fingerprint density at radius 3 is 2.26 bits per heavy atom. The van der Waals surface area contributed by atoms with Gasteiger partial charge in [-0.25, -0.2) is 4.79 Å². The van der Waals surface area contributed by atoms with Gasteiger partial charge >= 0.3 is 5.97 Å². The van der Waals surface area contributed by atoms with Gasteiger partial charge in [0.1, 0.15) is 0 Å². The summed E-state index contributed by atoms with van der Waals surface area (Å²) in [6.07, 6.45) is 0.202. The van der Waals surface area contributed by atoms with Crippen LogP contribution in [0.5, 0.6) is 0 Å². The second-order valence-corrected chi connectivity index (χ2v) is 6.18. The van der Waals surface area contributed by atoms with Gasteiger partial charge in [-0.3, -0.25) is 19.2 Å².